The summed E-state index contributed by atoms with van der Waals surface area (Å²) < 4.78 is 41.8. The maximum Gasteiger partial charge on any atom is 0.0631 e. The maximum absolute atomic E-state index is 8.53. The molecule has 224 valence electrons. The first kappa shape index (κ1) is 23.4. The standard InChI is InChI=1S/C42H24N4OSe/c1-2-12-26(13-3-1)42-43-34-24-33(29-15-6-7-16-30(29)38(34)47-42)41-45-39(28-22-21-25-11-4-5-14-27(25)23-28)44-40(46-41)32-18-10-20-36-37(32)31-17-8-9-19-35(31)48-36/h1-24H/i1D,2D,3D,12D. The fourth-order valence-electron chi connectivity index (χ4n) is 6.48. The molecule has 0 saturated heterocycles. The molecule has 0 N–H and O–H groups in total. The minimum atomic E-state index is -0.342. The SMILES string of the molecule is [2H]c1cc(-c2nc3cc(-c4nc(-c5ccc6ccccc6c5)nc(-c5cccc6[se]c7ccccc7c56)n4)c4ccccc4c3o2)c([2H])c([2H])c1[2H]. The fraction of sp³-hybridized carbons (Fsp3) is 0. The van der Waals surface area contributed by atoms with Gasteiger partial charge in [-0.3, -0.25) is 0 Å². The van der Waals surface area contributed by atoms with Crippen LogP contribution in [0.5, 0.6) is 0 Å². The molecule has 0 bridgehead atoms. The van der Waals surface area contributed by atoms with Gasteiger partial charge in [0.25, 0.3) is 0 Å². The Labute approximate surface area is 286 Å². The minimum Gasteiger partial charge on any atom is -0.0622 e. The van der Waals surface area contributed by atoms with E-state index in [4.69, 9.17) is 29.8 Å². The zero-order valence-electron chi connectivity index (χ0n) is 29.2. The molecule has 5 nitrogen and oxygen atoms in total. The first-order valence-corrected chi connectivity index (χ1v) is 17.2. The second kappa shape index (κ2) is 10.8. The van der Waals surface area contributed by atoms with E-state index in [-0.39, 0.29) is 50.1 Å². The Morgan fingerprint density at radius 1 is 0.521 bits per heavy atom. The molecule has 0 radical (unpaired) electrons. The second-order valence-corrected chi connectivity index (χ2v) is 13.8. The number of rotatable bonds is 4. The molecule has 0 saturated carbocycles. The molecular formula is C42H24N4OSe. The summed E-state index contributed by atoms with van der Waals surface area (Å²) in [5, 5.41) is 6.21. The summed E-state index contributed by atoms with van der Waals surface area (Å²) in [5.74, 6) is 1.71. The van der Waals surface area contributed by atoms with E-state index in [1.165, 1.54) is 20.0 Å². The third-order valence-electron chi connectivity index (χ3n) is 8.70. The van der Waals surface area contributed by atoms with Crippen LogP contribution in [0.1, 0.15) is 5.48 Å². The van der Waals surface area contributed by atoms with Crippen LogP contribution < -0.4 is 0 Å². The van der Waals surface area contributed by atoms with E-state index in [2.05, 4.69) is 66.7 Å². The van der Waals surface area contributed by atoms with Crippen LogP contribution >= 0.6 is 0 Å². The van der Waals surface area contributed by atoms with Gasteiger partial charge in [0, 0.05) is 0 Å². The van der Waals surface area contributed by atoms with E-state index in [9.17, 15) is 0 Å². The summed E-state index contributed by atoms with van der Waals surface area (Å²) >= 11 is 0.173. The Kier molecular flexibility index (Phi) is 5.27. The number of oxazole rings is 1. The van der Waals surface area contributed by atoms with Crippen molar-refractivity contribution in [3.05, 3.63) is 145 Å². The quantitative estimate of drug-likeness (QED) is 0.173. The smallest absolute Gasteiger partial charge is 0.0622 e. The van der Waals surface area contributed by atoms with Crippen molar-refractivity contribution in [2.45, 2.75) is 0 Å². The second-order valence-electron chi connectivity index (χ2n) is 11.6. The van der Waals surface area contributed by atoms with Crippen LogP contribution in [-0.2, 0) is 0 Å². The molecule has 0 unspecified atom stereocenters. The first-order valence-electron chi connectivity index (χ1n) is 17.5. The molecular weight excluding hydrogens is 655 g/mol. The molecule has 0 aliphatic carbocycles. The number of benzene rings is 7. The topological polar surface area (TPSA) is 64.7 Å². The van der Waals surface area contributed by atoms with E-state index in [1.54, 1.807) is 0 Å². The molecule has 10 aromatic rings. The summed E-state index contributed by atoms with van der Waals surface area (Å²) in [5.41, 5.74) is 3.76. The van der Waals surface area contributed by atoms with Crippen LogP contribution in [0.25, 0.3) is 97.6 Å². The van der Waals surface area contributed by atoms with Gasteiger partial charge in [-0.2, -0.15) is 0 Å². The van der Waals surface area contributed by atoms with Crippen molar-refractivity contribution in [2.24, 2.45) is 0 Å². The van der Waals surface area contributed by atoms with Gasteiger partial charge in [-0.15, -0.1) is 0 Å². The van der Waals surface area contributed by atoms with Gasteiger partial charge >= 0.3 is 252 Å². The molecule has 6 heteroatoms. The third kappa shape index (κ3) is 4.38. The summed E-state index contributed by atoms with van der Waals surface area (Å²) in [6, 6.07) is 39.4. The van der Waals surface area contributed by atoms with E-state index >= 15 is 0 Å². The van der Waals surface area contributed by atoms with Crippen molar-refractivity contribution in [3.63, 3.8) is 0 Å². The van der Waals surface area contributed by atoms with E-state index in [1.807, 2.05) is 48.5 Å². The average Bonchev–Trinajstić information content (AvgIpc) is 3.80. The maximum atomic E-state index is 8.53. The van der Waals surface area contributed by atoms with Crippen LogP contribution in [0, 0.1) is 0 Å². The van der Waals surface area contributed by atoms with Crippen molar-refractivity contribution in [1.82, 2.24) is 19.9 Å². The Morgan fingerprint density at radius 3 is 2.19 bits per heavy atom. The van der Waals surface area contributed by atoms with Crippen molar-refractivity contribution < 1.29 is 9.90 Å². The zero-order chi connectivity index (χ0) is 35.1. The van der Waals surface area contributed by atoms with Crippen molar-refractivity contribution in [2.75, 3.05) is 0 Å². The predicted octanol–water partition coefficient (Wildman–Crippen LogP) is 10.4. The monoisotopic (exact) mass is 684 g/mol. The van der Waals surface area contributed by atoms with Gasteiger partial charge in [-0.25, -0.2) is 0 Å². The van der Waals surface area contributed by atoms with Gasteiger partial charge in [0.2, 0.25) is 0 Å². The van der Waals surface area contributed by atoms with Crippen LogP contribution in [0.4, 0.5) is 0 Å². The first-order chi connectivity index (χ1) is 25.4. The Hall–Kier alpha value is -5.94. The summed E-state index contributed by atoms with van der Waals surface area (Å²) in [4.78, 5) is 20.3. The third-order valence-corrected chi connectivity index (χ3v) is 11.1. The van der Waals surface area contributed by atoms with Gasteiger partial charge in [0.15, 0.2) is 0 Å². The Balaban J connectivity index is 1.25. The van der Waals surface area contributed by atoms with Gasteiger partial charge in [-0.05, 0) is 12.1 Å². The fourth-order valence-corrected chi connectivity index (χ4v) is 8.86. The molecule has 0 spiro atoms. The van der Waals surface area contributed by atoms with Crippen molar-refractivity contribution >= 4 is 66.4 Å². The molecule has 7 aromatic carbocycles. The van der Waals surface area contributed by atoms with E-state index in [0.29, 0.717) is 28.6 Å². The summed E-state index contributed by atoms with van der Waals surface area (Å²) in [6.45, 7) is 0. The number of nitrogens with zero attached hydrogens (tertiary/aromatic N) is 4. The molecule has 3 aromatic heterocycles. The molecule has 10 rings (SSSR count). The summed E-state index contributed by atoms with van der Waals surface area (Å²) in [7, 11) is 0. The van der Waals surface area contributed by atoms with Crippen molar-refractivity contribution in [1.29, 1.82) is 0 Å². The minimum absolute atomic E-state index is 0.109. The van der Waals surface area contributed by atoms with Gasteiger partial charge in [-0.1, -0.05) is 18.1 Å². The van der Waals surface area contributed by atoms with E-state index < -0.39 is 0 Å². The summed E-state index contributed by atoms with van der Waals surface area (Å²) in [6.07, 6.45) is 0. The molecule has 3 heterocycles. The molecule has 0 fully saturated rings. The van der Waals surface area contributed by atoms with Gasteiger partial charge in [0.1, 0.15) is 0 Å². The number of aromatic nitrogens is 4. The number of hydrogen-bond donors (Lipinski definition) is 0. The van der Waals surface area contributed by atoms with Gasteiger partial charge in [0.05, 0.1) is 5.48 Å². The average molecular weight is 684 g/mol. The van der Waals surface area contributed by atoms with Crippen LogP contribution in [0.3, 0.4) is 0 Å². The van der Waals surface area contributed by atoms with Gasteiger partial charge < -0.3 is 0 Å². The number of hydrogen-bond acceptors (Lipinski definition) is 5. The number of fused-ring (bicyclic) bond motifs is 7. The van der Waals surface area contributed by atoms with Crippen LogP contribution in [0.2, 0.25) is 0 Å². The van der Waals surface area contributed by atoms with Crippen LogP contribution in [-0.4, -0.2) is 34.4 Å². The molecule has 0 atom stereocenters. The largest absolute Gasteiger partial charge is 0.0631 e. The predicted molar refractivity (Wildman–Crippen MR) is 196 cm³/mol. The molecule has 0 aliphatic rings. The normalized spacial score (nSPS) is 12.9. The van der Waals surface area contributed by atoms with E-state index in [0.717, 1.165) is 43.6 Å². The van der Waals surface area contributed by atoms with Crippen molar-refractivity contribution in [3.8, 4) is 45.6 Å². The zero-order valence-corrected chi connectivity index (χ0v) is 26.9. The molecule has 0 aliphatic heterocycles. The Morgan fingerprint density at radius 2 is 1.27 bits per heavy atom. The molecule has 0 amide bonds. The van der Waals surface area contributed by atoms with Crippen LogP contribution in [0.15, 0.2) is 150 Å². The Bertz CT molecular complexity index is 3100. The molecule has 48 heavy (non-hydrogen) atoms.